The molecule has 0 aliphatic rings. The summed E-state index contributed by atoms with van der Waals surface area (Å²) in [6.07, 6.45) is 2.43. The number of halogens is 4. The van der Waals surface area contributed by atoms with Crippen LogP contribution in [0.5, 0.6) is 0 Å². The lowest BCUT2D eigenvalue weighted by molar-refractivity contribution is -0.131. The third-order valence-electron chi connectivity index (χ3n) is 2.73. The van der Waals surface area contributed by atoms with Gasteiger partial charge in [-0.25, -0.2) is 4.79 Å². The highest BCUT2D eigenvalue weighted by Crippen LogP contribution is 2.39. The van der Waals surface area contributed by atoms with Gasteiger partial charge in [-0.2, -0.15) is 0 Å². The van der Waals surface area contributed by atoms with Gasteiger partial charge >= 0.3 is 5.97 Å². The van der Waals surface area contributed by atoms with Crippen LogP contribution in [0.25, 0.3) is 17.2 Å². The van der Waals surface area contributed by atoms with Crippen LogP contribution in [-0.4, -0.2) is 11.1 Å². The summed E-state index contributed by atoms with van der Waals surface area (Å²) in [7, 11) is 0. The minimum atomic E-state index is -1.05. The lowest BCUT2D eigenvalue weighted by atomic mass is 10.0. The highest BCUT2D eigenvalue weighted by Gasteiger charge is 2.12. The Morgan fingerprint density at radius 3 is 2.29 bits per heavy atom. The number of aliphatic carboxylic acids is 1. The molecule has 0 atom stereocenters. The van der Waals surface area contributed by atoms with E-state index in [1.165, 1.54) is 12.1 Å². The molecule has 0 bridgehead atoms. The lowest BCUT2D eigenvalue weighted by Gasteiger charge is -2.10. The van der Waals surface area contributed by atoms with E-state index in [0.717, 1.165) is 6.08 Å². The number of carboxylic acids is 1. The van der Waals surface area contributed by atoms with E-state index in [4.69, 9.17) is 51.5 Å². The maximum absolute atomic E-state index is 10.6. The van der Waals surface area contributed by atoms with Gasteiger partial charge in [0, 0.05) is 17.2 Å². The molecule has 6 heteroatoms. The van der Waals surface area contributed by atoms with Crippen molar-refractivity contribution in [3.63, 3.8) is 0 Å². The first kappa shape index (κ1) is 16.2. The summed E-state index contributed by atoms with van der Waals surface area (Å²) >= 11 is 24.4. The van der Waals surface area contributed by atoms with E-state index in [-0.39, 0.29) is 0 Å². The fraction of sp³-hybridized carbons (Fsp3) is 0. The highest BCUT2D eigenvalue weighted by molar-refractivity contribution is 6.44. The van der Waals surface area contributed by atoms with Crippen molar-refractivity contribution in [2.45, 2.75) is 0 Å². The summed E-state index contributed by atoms with van der Waals surface area (Å²) in [5.41, 5.74) is 1.84. The Kier molecular flexibility index (Phi) is 5.17. The smallest absolute Gasteiger partial charge is 0.328 e. The third-order valence-corrected chi connectivity index (χ3v) is 4.19. The van der Waals surface area contributed by atoms with E-state index in [9.17, 15) is 4.79 Å². The maximum Gasteiger partial charge on any atom is 0.328 e. The SMILES string of the molecule is O=C(O)/C=C/c1cccc(-c2cc(Cl)c(Cl)cc2Cl)c1Cl. The Labute approximate surface area is 141 Å². The molecule has 0 heterocycles. The first-order valence-electron chi connectivity index (χ1n) is 5.74. The Balaban J connectivity index is 2.58. The van der Waals surface area contributed by atoms with Gasteiger partial charge in [0.2, 0.25) is 0 Å². The van der Waals surface area contributed by atoms with Gasteiger partial charge in [-0.05, 0) is 23.8 Å². The van der Waals surface area contributed by atoms with E-state index in [2.05, 4.69) is 0 Å². The van der Waals surface area contributed by atoms with Crippen molar-refractivity contribution in [3.05, 3.63) is 62.1 Å². The van der Waals surface area contributed by atoms with E-state index in [1.807, 2.05) is 0 Å². The number of hydrogen-bond acceptors (Lipinski definition) is 1. The summed E-state index contributed by atoms with van der Waals surface area (Å²) in [4.78, 5) is 10.6. The van der Waals surface area contributed by atoms with Crippen molar-refractivity contribution in [2.75, 3.05) is 0 Å². The van der Waals surface area contributed by atoms with Crippen molar-refractivity contribution in [3.8, 4) is 11.1 Å². The van der Waals surface area contributed by atoms with Crippen LogP contribution in [0.3, 0.4) is 0 Å². The molecule has 0 radical (unpaired) electrons. The largest absolute Gasteiger partial charge is 0.478 e. The second-order valence-corrected chi connectivity index (χ2v) is 5.73. The number of carboxylic acid groups (broad SMARTS) is 1. The van der Waals surface area contributed by atoms with Gasteiger partial charge in [0.25, 0.3) is 0 Å². The molecule has 2 aromatic rings. The quantitative estimate of drug-likeness (QED) is 0.532. The molecular formula is C15H8Cl4O2. The fourth-order valence-electron chi connectivity index (χ4n) is 1.78. The minimum absolute atomic E-state index is 0.350. The minimum Gasteiger partial charge on any atom is -0.478 e. The maximum atomic E-state index is 10.6. The summed E-state index contributed by atoms with van der Waals surface area (Å²) < 4.78 is 0. The Morgan fingerprint density at radius 2 is 1.62 bits per heavy atom. The molecule has 0 fully saturated rings. The predicted octanol–water partition coefficient (Wildman–Crippen LogP) is 6.07. The Morgan fingerprint density at radius 1 is 0.952 bits per heavy atom. The molecular weight excluding hydrogens is 354 g/mol. The second-order valence-electron chi connectivity index (χ2n) is 4.13. The molecule has 0 saturated heterocycles. The number of carbonyl (C=O) groups is 1. The Hall–Kier alpha value is -1.19. The molecule has 0 spiro atoms. The standard InChI is InChI=1S/C15H8Cl4O2/c16-11-7-13(18)12(17)6-10(11)9-3-1-2-8(15(9)19)4-5-14(20)21/h1-7H,(H,20,21)/b5-4+. The summed E-state index contributed by atoms with van der Waals surface area (Å²) in [6, 6.07) is 8.39. The van der Waals surface area contributed by atoms with Crippen LogP contribution in [0.4, 0.5) is 0 Å². The molecule has 21 heavy (non-hydrogen) atoms. The second kappa shape index (κ2) is 6.71. The Bertz CT molecular complexity index is 739. The van der Waals surface area contributed by atoms with Gasteiger partial charge in [-0.1, -0.05) is 64.6 Å². The molecule has 2 rings (SSSR count). The molecule has 2 aromatic carbocycles. The molecule has 0 unspecified atom stereocenters. The zero-order valence-electron chi connectivity index (χ0n) is 10.4. The molecule has 1 N–H and O–H groups in total. The summed E-state index contributed by atoms with van der Waals surface area (Å²) in [6.45, 7) is 0. The van der Waals surface area contributed by atoms with Crippen molar-refractivity contribution in [1.29, 1.82) is 0 Å². The predicted molar refractivity (Wildman–Crippen MR) is 88.6 cm³/mol. The summed E-state index contributed by atoms with van der Waals surface area (Å²) in [5, 5.41) is 10.2. The number of rotatable bonds is 3. The van der Waals surface area contributed by atoms with Gasteiger partial charge < -0.3 is 5.11 Å². The van der Waals surface area contributed by atoms with Gasteiger partial charge in [-0.3, -0.25) is 0 Å². The van der Waals surface area contributed by atoms with Crippen LogP contribution < -0.4 is 0 Å². The van der Waals surface area contributed by atoms with Gasteiger partial charge in [0.15, 0.2) is 0 Å². The van der Waals surface area contributed by atoms with Crippen LogP contribution in [-0.2, 0) is 4.79 Å². The number of benzene rings is 2. The van der Waals surface area contributed by atoms with Crippen LogP contribution in [0.2, 0.25) is 20.1 Å². The molecule has 0 saturated carbocycles. The first-order chi connectivity index (χ1) is 9.90. The van der Waals surface area contributed by atoms with E-state index in [1.54, 1.807) is 24.3 Å². The average molecular weight is 362 g/mol. The van der Waals surface area contributed by atoms with E-state index < -0.39 is 5.97 Å². The summed E-state index contributed by atoms with van der Waals surface area (Å²) in [5.74, 6) is -1.05. The van der Waals surface area contributed by atoms with Crippen molar-refractivity contribution < 1.29 is 9.90 Å². The molecule has 0 aromatic heterocycles. The monoisotopic (exact) mass is 360 g/mol. The molecule has 2 nitrogen and oxygen atoms in total. The normalized spacial score (nSPS) is 11.0. The van der Waals surface area contributed by atoms with Gasteiger partial charge in [0.1, 0.15) is 0 Å². The van der Waals surface area contributed by atoms with Crippen LogP contribution in [0.15, 0.2) is 36.4 Å². The van der Waals surface area contributed by atoms with Crippen molar-refractivity contribution in [2.24, 2.45) is 0 Å². The zero-order valence-corrected chi connectivity index (χ0v) is 13.4. The molecule has 0 amide bonds. The fourth-order valence-corrected chi connectivity index (χ4v) is 2.72. The number of hydrogen-bond donors (Lipinski definition) is 1. The lowest BCUT2D eigenvalue weighted by Crippen LogP contribution is -1.88. The highest BCUT2D eigenvalue weighted by atomic mass is 35.5. The first-order valence-corrected chi connectivity index (χ1v) is 7.25. The van der Waals surface area contributed by atoms with Crippen molar-refractivity contribution in [1.82, 2.24) is 0 Å². The molecule has 0 aliphatic carbocycles. The zero-order chi connectivity index (χ0) is 15.6. The van der Waals surface area contributed by atoms with Crippen LogP contribution in [0.1, 0.15) is 5.56 Å². The van der Waals surface area contributed by atoms with E-state index in [0.29, 0.717) is 36.8 Å². The topological polar surface area (TPSA) is 37.3 Å². The van der Waals surface area contributed by atoms with Crippen molar-refractivity contribution >= 4 is 58.4 Å². The van der Waals surface area contributed by atoms with Gasteiger partial charge in [-0.15, -0.1) is 0 Å². The van der Waals surface area contributed by atoms with Gasteiger partial charge in [0.05, 0.1) is 20.1 Å². The third kappa shape index (κ3) is 3.72. The van der Waals surface area contributed by atoms with Crippen LogP contribution >= 0.6 is 46.4 Å². The molecule has 108 valence electrons. The van der Waals surface area contributed by atoms with E-state index >= 15 is 0 Å². The van der Waals surface area contributed by atoms with Crippen LogP contribution in [0, 0.1) is 0 Å². The molecule has 0 aliphatic heterocycles. The average Bonchev–Trinajstić information content (AvgIpc) is 2.42.